The first-order chi connectivity index (χ1) is 14.1. The summed E-state index contributed by atoms with van der Waals surface area (Å²) in [7, 11) is 0. The summed E-state index contributed by atoms with van der Waals surface area (Å²) < 4.78 is 5.23. The molecule has 2 aromatic rings. The highest BCUT2D eigenvalue weighted by atomic mass is 35.5. The number of rotatable bonds is 7. The molecule has 0 aromatic heterocycles. The number of piperazine rings is 1. The average Bonchev–Trinajstić information content (AvgIpc) is 2.76. The second-order valence-electron chi connectivity index (χ2n) is 6.62. The maximum absolute atomic E-state index is 12.4. The van der Waals surface area contributed by atoms with Crippen molar-refractivity contribution in [3.8, 4) is 0 Å². The molecule has 1 heterocycles. The molecule has 0 spiro atoms. The molecule has 1 amide bonds. The molecule has 1 aliphatic heterocycles. The third-order valence-corrected chi connectivity index (χ3v) is 4.94. The number of amides is 1. The highest BCUT2D eigenvalue weighted by Gasteiger charge is 2.23. The van der Waals surface area contributed by atoms with Crippen LogP contribution >= 0.6 is 11.6 Å². The summed E-state index contributed by atoms with van der Waals surface area (Å²) in [4.78, 5) is 28.7. The zero-order chi connectivity index (χ0) is 20.6. The Bertz CT molecular complexity index is 853. The van der Waals surface area contributed by atoms with Crippen molar-refractivity contribution >= 4 is 34.9 Å². The number of hydrogen-bond acceptors (Lipinski definition) is 6. The average molecular weight is 418 g/mol. The number of aliphatic hydroxyl groups excluding tert-OH is 1. The van der Waals surface area contributed by atoms with Crippen LogP contribution in [0, 0.1) is 0 Å². The first-order valence-corrected chi connectivity index (χ1v) is 9.85. The topological polar surface area (TPSA) is 82.1 Å². The predicted molar refractivity (Wildman–Crippen MR) is 113 cm³/mol. The van der Waals surface area contributed by atoms with Gasteiger partial charge in [-0.2, -0.15) is 0 Å². The lowest BCUT2D eigenvalue weighted by Crippen LogP contribution is -2.49. The second-order valence-corrected chi connectivity index (χ2v) is 7.06. The molecule has 0 atom stereocenters. The van der Waals surface area contributed by atoms with E-state index in [4.69, 9.17) is 21.4 Å². The number of carbonyl (C=O) groups excluding carboxylic acids is 2. The minimum absolute atomic E-state index is 0.0525. The van der Waals surface area contributed by atoms with Gasteiger partial charge >= 0.3 is 5.97 Å². The van der Waals surface area contributed by atoms with Gasteiger partial charge in [0.1, 0.15) is 0 Å². The quantitative estimate of drug-likeness (QED) is 0.672. The Morgan fingerprint density at radius 1 is 1.07 bits per heavy atom. The summed E-state index contributed by atoms with van der Waals surface area (Å²) in [6.07, 6.45) is 0. The summed E-state index contributed by atoms with van der Waals surface area (Å²) in [6, 6.07) is 14.5. The van der Waals surface area contributed by atoms with Crippen molar-refractivity contribution in [1.82, 2.24) is 4.90 Å². The largest absolute Gasteiger partial charge is 0.452 e. The predicted octanol–water partition coefficient (Wildman–Crippen LogP) is 2.25. The summed E-state index contributed by atoms with van der Waals surface area (Å²) >= 11 is 6.05. The van der Waals surface area contributed by atoms with Gasteiger partial charge in [0.15, 0.2) is 6.61 Å². The van der Waals surface area contributed by atoms with E-state index in [9.17, 15) is 9.59 Å². The zero-order valence-corrected chi connectivity index (χ0v) is 16.8. The maximum atomic E-state index is 12.4. The Kier molecular flexibility index (Phi) is 7.32. The van der Waals surface area contributed by atoms with Gasteiger partial charge in [-0.1, -0.05) is 29.8 Å². The number of anilines is 2. The number of nitrogens with zero attached hydrogens (tertiary/aromatic N) is 2. The molecule has 7 nitrogen and oxygen atoms in total. The number of carbonyl (C=O) groups is 2. The molecule has 1 fully saturated rings. The van der Waals surface area contributed by atoms with E-state index in [-0.39, 0.29) is 19.1 Å². The fourth-order valence-electron chi connectivity index (χ4n) is 3.19. The number of hydrogen-bond donors (Lipinski definition) is 2. The highest BCUT2D eigenvalue weighted by Crippen LogP contribution is 2.21. The molecule has 0 saturated carbocycles. The summed E-state index contributed by atoms with van der Waals surface area (Å²) in [5.41, 5.74) is 1.93. The molecular formula is C21H24ClN3O4. The monoisotopic (exact) mass is 417 g/mol. The Labute approximate surface area is 174 Å². The van der Waals surface area contributed by atoms with Crippen molar-refractivity contribution in [3.05, 3.63) is 59.1 Å². The van der Waals surface area contributed by atoms with Crippen LogP contribution in [0.5, 0.6) is 0 Å². The summed E-state index contributed by atoms with van der Waals surface area (Å²) in [5, 5.41) is 12.6. The van der Waals surface area contributed by atoms with Crippen molar-refractivity contribution in [2.45, 2.75) is 0 Å². The maximum Gasteiger partial charge on any atom is 0.340 e. The number of esters is 1. The standard InChI is InChI=1S/C21H24ClN3O4/c22-16-4-3-5-17(14-16)24-9-11-25(12-10-24)20(27)15-29-21(28)18-6-1-2-7-19(18)23-8-13-26/h1-7,14,23,26H,8-13,15H2. The number of benzene rings is 2. The second kappa shape index (κ2) is 10.1. The van der Waals surface area contributed by atoms with Gasteiger partial charge < -0.3 is 25.0 Å². The number of para-hydroxylation sites is 1. The SMILES string of the molecule is O=C(OCC(=O)N1CCN(c2cccc(Cl)c2)CC1)c1ccccc1NCCO. The molecule has 3 rings (SSSR count). The lowest BCUT2D eigenvalue weighted by Gasteiger charge is -2.36. The van der Waals surface area contributed by atoms with Gasteiger partial charge in [0.25, 0.3) is 5.91 Å². The number of ether oxygens (including phenoxy) is 1. The molecular weight excluding hydrogens is 394 g/mol. The minimum atomic E-state index is -0.572. The molecule has 2 aromatic carbocycles. The molecule has 0 aliphatic carbocycles. The number of aliphatic hydroxyl groups is 1. The summed E-state index contributed by atoms with van der Waals surface area (Å²) in [6.45, 7) is 2.45. The highest BCUT2D eigenvalue weighted by molar-refractivity contribution is 6.30. The molecule has 8 heteroatoms. The van der Waals surface area contributed by atoms with E-state index in [2.05, 4.69) is 10.2 Å². The van der Waals surface area contributed by atoms with E-state index in [1.807, 2.05) is 24.3 Å². The van der Waals surface area contributed by atoms with Crippen LogP contribution in [0.4, 0.5) is 11.4 Å². The third-order valence-electron chi connectivity index (χ3n) is 4.71. The van der Waals surface area contributed by atoms with Gasteiger partial charge in [0.2, 0.25) is 0 Å². The van der Waals surface area contributed by atoms with Crippen molar-refractivity contribution in [3.63, 3.8) is 0 Å². The fraction of sp³-hybridized carbons (Fsp3) is 0.333. The summed E-state index contributed by atoms with van der Waals surface area (Å²) in [5.74, 6) is -0.790. The Balaban J connectivity index is 1.50. The van der Waals surface area contributed by atoms with Crippen molar-refractivity contribution < 1.29 is 19.4 Å². The zero-order valence-electron chi connectivity index (χ0n) is 16.0. The van der Waals surface area contributed by atoms with Gasteiger partial charge in [-0.3, -0.25) is 4.79 Å². The van der Waals surface area contributed by atoms with Crippen molar-refractivity contribution in [2.75, 3.05) is 56.2 Å². The van der Waals surface area contributed by atoms with Gasteiger partial charge in [-0.05, 0) is 30.3 Å². The molecule has 1 aliphatic rings. The van der Waals surface area contributed by atoms with Gasteiger partial charge in [-0.15, -0.1) is 0 Å². The molecule has 0 unspecified atom stereocenters. The Hall–Kier alpha value is -2.77. The molecule has 29 heavy (non-hydrogen) atoms. The van der Waals surface area contributed by atoms with Gasteiger partial charge in [-0.25, -0.2) is 4.79 Å². The Morgan fingerprint density at radius 2 is 1.83 bits per heavy atom. The van der Waals surface area contributed by atoms with Crippen LogP contribution < -0.4 is 10.2 Å². The van der Waals surface area contributed by atoms with E-state index >= 15 is 0 Å². The van der Waals surface area contributed by atoms with Crippen LogP contribution in [0.25, 0.3) is 0 Å². The molecule has 0 bridgehead atoms. The molecule has 0 radical (unpaired) electrons. The van der Waals surface area contributed by atoms with E-state index in [1.54, 1.807) is 29.2 Å². The molecule has 1 saturated heterocycles. The number of halogens is 1. The van der Waals surface area contributed by atoms with Crippen LogP contribution in [0.1, 0.15) is 10.4 Å². The lowest BCUT2D eigenvalue weighted by atomic mass is 10.2. The first-order valence-electron chi connectivity index (χ1n) is 9.47. The van der Waals surface area contributed by atoms with Crippen molar-refractivity contribution in [2.24, 2.45) is 0 Å². The van der Waals surface area contributed by atoms with E-state index < -0.39 is 5.97 Å². The van der Waals surface area contributed by atoms with Gasteiger partial charge in [0.05, 0.1) is 12.2 Å². The first kappa shape index (κ1) is 21.0. The fourth-order valence-corrected chi connectivity index (χ4v) is 3.37. The lowest BCUT2D eigenvalue weighted by molar-refractivity contribution is -0.134. The minimum Gasteiger partial charge on any atom is -0.452 e. The van der Waals surface area contributed by atoms with E-state index in [1.165, 1.54) is 0 Å². The van der Waals surface area contributed by atoms with Crippen LogP contribution in [0.15, 0.2) is 48.5 Å². The van der Waals surface area contributed by atoms with Crippen LogP contribution in [-0.2, 0) is 9.53 Å². The number of nitrogens with one attached hydrogen (secondary N) is 1. The van der Waals surface area contributed by atoms with Crippen LogP contribution in [-0.4, -0.2) is 67.8 Å². The molecule has 154 valence electrons. The van der Waals surface area contributed by atoms with Crippen LogP contribution in [0.3, 0.4) is 0 Å². The van der Waals surface area contributed by atoms with Crippen molar-refractivity contribution in [1.29, 1.82) is 0 Å². The Morgan fingerprint density at radius 3 is 2.55 bits per heavy atom. The normalized spacial score (nSPS) is 13.9. The molecule has 2 N–H and O–H groups in total. The third kappa shape index (κ3) is 5.62. The smallest absolute Gasteiger partial charge is 0.340 e. The van der Waals surface area contributed by atoms with E-state index in [0.717, 1.165) is 5.69 Å². The van der Waals surface area contributed by atoms with Gasteiger partial charge in [0, 0.05) is 49.1 Å². The van der Waals surface area contributed by atoms with Crippen LogP contribution in [0.2, 0.25) is 5.02 Å². The van der Waals surface area contributed by atoms with E-state index in [0.29, 0.717) is 49.0 Å².